The highest BCUT2D eigenvalue weighted by molar-refractivity contribution is 7.90. The summed E-state index contributed by atoms with van der Waals surface area (Å²) in [6, 6.07) is 6.36. The lowest BCUT2D eigenvalue weighted by molar-refractivity contribution is 0.0454. The molecule has 1 aromatic carbocycles. The number of aryl methyl sites for hydroxylation is 1. The molecule has 0 spiro atoms. The third-order valence-electron chi connectivity index (χ3n) is 5.76. The van der Waals surface area contributed by atoms with Crippen LogP contribution in [0.1, 0.15) is 24.8 Å². The molecule has 1 aromatic rings. The predicted octanol–water partition coefficient (Wildman–Crippen LogP) is 3.01. The van der Waals surface area contributed by atoms with Gasteiger partial charge in [-0.2, -0.15) is 0 Å². The number of hydrogen-bond acceptors (Lipinski definition) is 4. The molecule has 1 N–H and O–H groups in total. The van der Waals surface area contributed by atoms with Gasteiger partial charge in [-0.3, -0.25) is 0 Å². The fraction of sp³-hybridized carbons (Fsp3) is 0.500. The second-order valence-electron chi connectivity index (χ2n) is 7.16. The molecule has 0 radical (unpaired) electrons. The molecule has 0 saturated heterocycles. The Kier molecular flexibility index (Phi) is 3.67. The first-order valence-electron chi connectivity index (χ1n) is 8.41. The van der Waals surface area contributed by atoms with Gasteiger partial charge in [0, 0.05) is 5.92 Å². The van der Waals surface area contributed by atoms with Gasteiger partial charge in [-0.1, -0.05) is 29.8 Å². The van der Waals surface area contributed by atoms with E-state index in [0.29, 0.717) is 23.7 Å². The fourth-order valence-electron chi connectivity index (χ4n) is 4.67. The summed E-state index contributed by atoms with van der Waals surface area (Å²) in [4.78, 5) is 12.2. The Morgan fingerprint density at radius 1 is 1.17 bits per heavy atom. The fourth-order valence-corrected chi connectivity index (χ4v) is 5.55. The van der Waals surface area contributed by atoms with Crippen LogP contribution in [0.15, 0.2) is 41.3 Å². The van der Waals surface area contributed by atoms with Crippen molar-refractivity contribution in [3.8, 4) is 0 Å². The Labute approximate surface area is 142 Å². The van der Waals surface area contributed by atoms with Crippen LogP contribution in [-0.4, -0.2) is 20.6 Å². The van der Waals surface area contributed by atoms with E-state index in [1.807, 2.05) is 11.6 Å². The van der Waals surface area contributed by atoms with Crippen LogP contribution in [0.25, 0.3) is 0 Å². The smallest absolute Gasteiger partial charge is 0.421 e. The topological polar surface area (TPSA) is 72.5 Å². The summed E-state index contributed by atoms with van der Waals surface area (Å²) in [5.74, 6) is 2.14. The van der Waals surface area contributed by atoms with Crippen molar-refractivity contribution in [2.24, 2.45) is 23.7 Å². The van der Waals surface area contributed by atoms with Crippen LogP contribution < -0.4 is 4.72 Å². The molecule has 1 amide bonds. The molecular formula is C18H21NO4S. The summed E-state index contributed by atoms with van der Waals surface area (Å²) in [5, 5.41) is 0. The van der Waals surface area contributed by atoms with Gasteiger partial charge in [0.15, 0.2) is 0 Å². The van der Waals surface area contributed by atoms with Crippen LogP contribution in [0.3, 0.4) is 0 Å². The highest BCUT2D eigenvalue weighted by Gasteiger charge is 2.53. The number of fused-ring (bicyclic) bond motifs is 5. The lowest BCUT2D eigenvalue weighted by Crippen LogP contribution is -2.38. The van der Waals surface area contributed by atoms with Crippen molar-refractivity contribution in [2.75, 3.05) is 0 Å². The number of nitrogens with one attached hydrogen (secondary N) is 1. The molecule has 0 unspecified atom stereocenters. The zero-order valence-corrected chi connectivity index (χ0v) is 14.3. The zero-order chi connectivity index (χ0) is 16.9. The summed E-state index contributed by atoms with van der Waals surface area (Å²) in [6.07, 6.45) is 6.49. The molecule has 5 nitrogen and oxygen atoms in total. The average molecular weight is 347 g/mol. The van der Waals surface area contributed by atoms with E-state index in [9.17, 15) is 13.2 Å². The Morgan fingerprint density at radius 2 is 1.92 bits per heavy atom. The standard InChI is InChI=1S/C18H21NO4S/c1-11-5-7-13(8-6-11)24(21,22)19-18(20)23-17-10-12-9-16(17)15-4-2-3-14(12)15/h2,4-8,12,14-17H,3,9-10H2,1H3,(H,19,20)/t12-,14-,15+,16+,17+/m0/s1. The largest absolute Gasteiger partial charge is 0.445 e. The molecule has 3 aliphatic carbocycles. The molecular weight excluding hydrogens is 326 g/mol. The van der Waals surface area contributed by atoms with Gasteiger partial charge in [0.05, 0.1) is 4.90 Å². The van der Waals surface area contributed by atoms with Crippen LogP contribution in [0.2, 0.25) is 0 Å². The maximum absolute atomic E-state index is 12.2. The van der Waals surface area contributed by atoms with E-state index < -0.39 is 16.1 Å². The van der Waals surface area contributed by atoms with E-state index in [-0.39, 0.29) is 11.0 Å². The maximum Gasteiger partial charge on any atom is 0.421 e. The third kappa shape index (κ3) is 2.62. The molecule has 0 heterocycles. The van der Waals surface area contributed by atoms with E-state index in [0.717, 1.165) is 24.8 Å². The highest BCUT2D eigenvalue weighted by atomic mass is 32.2. The first-order valence-corrected chi connectivity index (χ1v) is 9.89. The minimum Gasteiger partial charge on any atom is -0.445 e. The van der Waals surface area contributed by atoms with Crippen molar-refractivity contribution in [1.82, 2.24) is 4.72 Å². The van der Waals surface area contributed by atoms with Crippen molar-refractivity contribution in [3.63, 3.8) is 0 Å². The lowest BCUT2D eigenvalue weighted by Gasteiger charge is -2.30. The van der Waals surface area contributed by atoms with Gasteiger partial charge >= 0.3 is 6.09 Å². The van der Waals surface area contributed by atoms with E-state index in [2.05, 4.69) is 12.2 Å². The number of rotatable bonds is 3. The van der Waals surface area contributed by atoms with Crippen LogP contribution in [0, 0.1) is 30.6 Å². The number of hydrogen-bond donors (Lipinski definition) is 1. The van der Waals surface area contributed by atoms with Crippen molar-refractivity contribution in [3.05, 3.63) is 42.0 Å². The molecule has 0 aromatic heterocycles. The molecule has 4 rings (SSSR count). The number of benzene rings is 1. The monoisotopic (exact) mass is 347 g/mol. The van der Waals surface area contributed by atoms with Crippen LogP contribution in [0.5, 0.6) is 0 Å². The number of sulfonamides is 1. The number of allylic oxidation sites excluding steroid dienone is 2. The Morgan fingerprint density at radius 3 is 2.67 bits per heavy atom. The summed E-state index contributed by atoms with van der Waals surface area (Å²) in [6.45, 7) is 1.87. The third-order valence-corrected chi connectivity index (χ3v) is 7.08. The molecule has 6 heteroatoms. The summed E-state index contributed by atoms with van der Waals surface area (Å²) in [5.41, 5.74) is 0.956. The Hall–Kier alpha value is -1.82. The quantitative estimate of drug-likeness (QED) is 0.853. The van der Waals surface area contributed by atoms with Crippen LogP contribution in [0.4, 0.5) is 4.79 Å². The van der Waals surface area contributed by atoms with Crippen LogP contribution >= 0.6 is 0 Å². The van der Waals surface area contributed by atoms with Crippen LogP contribution in [-0.2, 0) is 14.8 Å². The SMILES string of the molecule is Cc1ccc(S(=O)(=O)NC(=O)O[C@@H]2C[C@@H]3C[C@@H]2[C@@H]2C=CC[C@@H]32)cc1. The molecule has 3 aliphatic rings. The first kappa shape index (κ1) is 15.7. The van der Waals surface area contributed by atoms with E-state index in [1.165, 1.54) is 12.1 Å². The second-order valence-corrected chi connectivity index (χ2v) is 8.85. The summed E-state index contributed by atoms with van der Waals surface area (Å²) in [7, 11) is -3.89. The van der Waals surface area contributed by atoms with Gasteiger partial charge in [-0.25, -0.2) is 17.9 Å². The second kappa shape index (κ2) is 5.62. The predicted molar refractivity (Wildman–Crippen MR) is 88.7 cm³/mol. The van der Waals surface area contributed by atoms with Gasteiger partial charge in [0.1, 0.15) is 6.10 Å². The number of carbonyl (C=O) groups excluding carboxylic acids is 1. The summed E-state index contributed by atoms with van der Waals surface area (Å²) < 4.78 is 32.0. The minimum atomic E-state index is -3.89. The molecule has 128 valence electrons. The number of carbonyl (C=O) groups is 1. The average Bonchev–Trinajstić information content (AvgIpc) is 3.19. The minimum absolute atomic E-state index is 0.0665. The van der Waals surface area contributed by atoms with E-state index in [1.54, 1.807) is 12.1 Å². The van der Waals surface area contributed by atoms with Gasteiger partial charge in [-0.15, -0.1) is 0 Å². The number of amides is 1. The molecule has 2 bridgehead atoms. The molecule has 24 heavy (non-hydrogen) atoms. The Bertz CT molecular complexity index is 784. The van der Waals surface area contributed by atoms with Gasteiger partial charge in [0.2, 0.25) is 0 Å². The van der Waals surface area contributed by atoms with Gasteiger partial charge in [0.25, 0.3) is 10.0 Å². The molecule has 2 saturated carbocycles. The molecule has 0 aliphatic heterocycles. The Balaban J connectivity index is 1.40. The van der Waals surface area contributed by atoms with Crippen molar-refractivity contribution in [2.45, 2.75) is 37.2 Å². The highest BCUT2D eigenvalue weighted by Crippen LogP contribution is 2.57. The van der Waals surface area contributed by atoms with E-state index in [4.69, 9.17) is 4.74 Å². The van der Waals surface area contributed by atoms with Crippen molar-refractivity contribution >= 4 is 16.1 Å². The first-order chi connectivity index (χ1) is 11.4. The normalized spacial score (nSPS) is 33.5. The van der Waals surface area contributed by atoms with Crippen molar-refractivity contribution in [1.29, 1.82) is 0 Å². The lowest BCUT2D eigenvalue weighted by atomic mass is 9.80. The summed E-state index contributed by atoms with van der Waals surface area (Å²) >= 11 is 0. The zero-order valence-electron chi connectivity index (χ0n) is 13.5. The number of ether oxygens (including phenoxy) is 1. The van der Waals surface area contributed by atoms with Crippen molar-refractivity contribution < 1.29 is 17.9 Å². The van der Waals surface area contributed by atoms with Gasteiger partial charge in [-0.05, 0) is 56.1 Å². The van der Waals surface area contributed by atoms with E-state index >= 15 is 0 Å². The molecule has 2 fully saturated rings. The van der Waals surface area contributed by atoms with Gasteiger partial charge < -0.3 is 4.74 Å². The molecule has 5 atom stereocenters. The maximum atomic E-state index is 12.2.